The molecular weight excluding hydrogens is 279 g/mol. The van der Waals surface area contributed by atoms with Crippen molar-refractivity contribution in [3.63, 3.8) is 0 Å². The Morgan fingerprint density at radius 1 is 1.22 bits per heavy atom. The van der Waals surface area contributed by atoms with E-state index in [1.54, 1.807) is 0 Å². The van der Waals surface area contributed by atoms with Gasteiger partial charge in [-0.05, 0) is 0 Å². The minimum Gasteiger partial charge on any atom is -0.481 e. The fourth-order valence-corrected chi connectivity index (χ4v) is 1.35. The number of rotatable bonds is 6. The summed E-state index contributed by atoms with van der Waals surface area (Å²) in [5.74, 6) is -8.26. The summed E-state index contributed by atoms with van der Waals surface area (Å²) in [6, 6.07) is -1.92. The molecule has 0 radical (unpaired) electrons. The van der Waals surface area contributed by atoms with E-state index < -0.39 is 48.2 Å². The average Bonchev–Trinajstić information content (AvgIpc) is 2.14. The molecule has 0 saturated carbocycles. The van der Waals surface area contributed by atoms with Crippen LogP contribution in [0.3, 0.4) is 0 Å². The lowest BCUT2D eigenvalue weighted by Crippen LogP contribution is -2.48. The lowest BCUT2D eigenvalue weighted by atomic mass is 10.1. The molecule has 0 heterocycles. The van der Waals surface area contributed by atoms with Crippen LogP contribution >= 0.6 is 12.6 Å². The molecule has 0 spiro atoms. The highest BCUT2D eigenvalue weighted by molar-refractivity contribution is 7.80. The zero-order chi connectivity index (χ0) is 14.5. The van der Waals surface area contributed by atoms with Crippen LogP contribution < -0.4 is 5.32 Å². The molecule has 0 bridgehead atoms. The molecule has 10 heteroatoms. The third kappa shape index (κ3) is 5.25. The molecule has 0 rings (SSSR count). The van der Waals surface area contributed by atoms with E-state index in [4.69, 9.17) is 10.2 Å². The standard InChI is InChI=1S/C8H10F3NO5S/c9-8(10,11)3(2-18)6(15)12-4(7(16)17)1-5(13)14/h3-4,18H,1-2H2,(H,12,15)(H,13,14)(H,16,17)/t3?,4-/m0/s1. The smallest absolute Gasteiger partial charge is 0.401 e. The summed E-state index contributed by atoms with van der Waals surface area (Å²) in [5, 5.41) is 18.4. The van der Waals surface area contributed by atoms with Crippen LogP contribution in [0.15, 0.2) is 0 Å². The third-order valence-electron chi connectivity index (χ3n) is 1.89. The summed E-state index contributed by atoms with van der Waals surface area (Å²) in [5.41, 5.74) is 0. The van der Waals surface area contributed by atoms with Gasteiger partial charge in [-0.25, -0.2) is 4.79 Å². The van der Waals surface area contributed by atoms with Gasteiger partial charge in [0.1, 0.15) is 12.0 Å². The van der Waals surface area contributed by atoms with E-state index in [0.717, 1.165) is 0 Å². The van der Waals surface area contributed by atoms with Gasteiger partial charge < -0.3 is 15.5 Å². The van der Waals surface area contributed by atoms with Crippen LogP contribution in [0.1, 0.15) is 6.42 Å². The lowest BCUT2D eigenvalue weighted by Gasteiger charge is -2.20. The van der Waals surface area contributed by atoms with Gasteiger partial charge in [-0.3, -0.25) is 9.59 Å². The Balaban J connectivity index is 4.78. The van der Waals surface area contributed by atoms with Crippen LogP contribution in [0.4, 0.5) is 13.2 Å². The number of carbonyl (C=O) groups is 3. The number of alkyl halides is 3. The monoisotopic (exact) mass is 289 g/mol. The highest BCUT2D eigenvalue weighted by Crippen LogP contribution is 2.27. The molecule has 0 fully saturated rings. The molecule has 18 heavy (non-hydrogen) atoms. The van der Waals surface area contributed by atoms with E-state index >= 15 is 0 Å². The van der Waals surface area contributed by atoms with E-state index in [0.29, 0.717) is 0 Å². The molecule has 0 aromatic rings. The predicted octanol–water partition coefficient (Wildman–Crippen LogP) is 0.139. The Labute approximate surface area is 105 Å². The zero-order valence-electron chi connectivity index (χ0n) is 8.77. The van der Waals surface area contributed by atoms with Crippen molar-refractivity contribution in [3.8, 4) is 0 Å². The topological polar surface area (TPSA) is 104 Å². The van der Waals surface area contributed by atoms with Crippen molar-refractivity contribution in [2.24, 2.45) is 5.92 Å². The summed E-state index contributed by atoms with van der Waals surface area (Å²) in [6.07, 6.45) is -5.89. The summed E-state index contributed by atoms with van der Waals surface area (Å²) in [7, 11) is 0. The van der Waals surface area contributed by atoms with Crippen LogP contribution in [-0.2, 0) is 14.4 Å². The van der Waals surface area contributed by atoms with E-state index in [-0.39, 0.29) is 0 Å². The molecule has 104 valence electrons. The van der Waals surface area contributed by atoms with Gasteiger partial charge in [0.15, 0.2) is 0 Å². The maximum Gasteiger partial charge on any atom is 0.401 e. The summed E-state index contributed by atoms with van der Waals surface area (Å²) in [4.78, 5) is 32.0. The Morgan fingerprint density at radius 3 is 2.00 bits per heavy atom. The van der Waals surface area contributed by atoms with Crippen molar-refractivity contribution in [3.05, 3.63) is 0 Å². The fourth-order valence-electron chi connectivity index (χ4n) is 0.982. The van der Waals surface area contributed by atoms with Gasteiger partial charge in [0.25, 0.3) is 0 Å². The first-order valence-corrected chi connectivity index (χ1v) is 5.15. The van der Waals surface area contributed by atoms with E-state index in [2.05, 4.69) is 12.6 Å². The minimum absolute atomic E-state index is 0.866. The summed E-state index contributed by atoms with van der Waals surface area (Å²) in [6.45, 7) is 0. The molecule has 2 atom stereocenters. The van der Waals surface area contributed by atoms with Crippen LogP contribution in [0.25, 0.3) is 0 Å². The number of nitrogens with one attached hydrogen (secondary N) is 1. The fraction of sp³-hybridized carbons (Fsp3) is 0.625. The van der Waals surface area contributed by atoms with E-state index in [1.165, 1.54) is 5.32 Å². The van der Waals surface area contributed by atoms with Gasteiger partial charge in [0.05, 0.1) is 6.42 Å². The first-order valence-electron chi connectivity index (χ1n) is 4.52. The van der Waals surface area contributed by atoms with Gasteiger partial charge >= 0.3 is 18.1 Å². The van der Waals surface area contributed by atoms with E-state index in [1.807, 2.05) is 0 Å². The largest absolute Gasteiger partial charge is 0.481 e. The molecule has 0 aliphatic carbocycles. The Morgan fingerprint density at radius 2 is 1.72 bits per heavy atom. The SMILES string of the molecule is O=C(O)C[C@H](NC(=O)C(CS)C(F)(F)F)C(=O)O. The van der Waals surface area contributed by atoms with Crippen LogP contribution in [-0.4, -0.2) is 46.0 Å². The number of aliphatic carboxylic acids is 2. The van der Waals surface area contributed by atoms with Gasteiger partial charge in [-0.1, -0.05) is 0 Å². The summed E-state index contributed by atoms with van der Waals surface area (Å²) < 4.78 is 36.9. The number of thiol groups is 1. The Kier molecular flexibility index (Phi) is 5.95. The van der Waals surface area contributed by atoms with Crippen LogP contribution in [0.5, 0.6) is 0 Å². The molecular formula is C8H10F3NO5S. The third-order valence-corrected chi connectivity index (χ3v) is 2.25. The molecule has 0 aliphatic rings. The highest BCUT2D eigenvalue weighted by atomic mass is 32.1. The molecule has 0 aromatic carbocycles. The van der Waals surface area contributed by atoms with Gasteiger partial charge in [0.2, 0.25) is 5.91 Å². The van der Waals surface area contributed by atoms with Gasteiger partial charge in [-0.15, -0.1) is 0 Å². The first kappa shape index (κ1) is 16.6. The second kappa shape index (κ2) is 6.47. The molecule has 0 aliphatic heterocycles. The van der Waals surface area contributed by atoms with Crippen molar-refractivity contribution in [1.82, 2.24) is 5.32 Å². The lowest BCUT2D eigenvalue weighted by molar-refractivity contribution is -0.179. The maximum atomic E-state index is 12.3. The number of hydrogen-bond acceptors (Lipinski definition) is 4. The van der Waals surface area contributed by atoms with Crippen LogP contribution in [0, 0.1) is 5.92 Å². The number of carboxylic acids is 2. The molecule has 1 amide bonds. The average molecular weight is 289 g/mol. The number of amides is 1. The van der Waals surface area contributed by atoms with Gasteiger partial charge in [0, 0.05) is 5.75 Å². The minimum atomic E-state index is -4.88. The van der Waals surface area contributed by atoms with Crippen molar-refractivity contribution < 1.29 is 37.8 Å². The predicted molar refractivity (Wildman–Crippen MR) is 55.2 cm³/mol. The second-order valence-electron chi connectivity index (χ2n) is 3.27. The number of halogens is 3. The van der Waals surface area contributed by atoms with Crippen LogP contribution in [0.2, 0.25) is 0 Å². The van der Waals surface area contributed by atoms with Crippen molar-refractivity contribution >= 4 is 30.5 Å². The Bertz CT molecular complexity index is 346. The number of carboxylic acid groups (broad SMARTS) is 2. The number of carbonyl (C=O) groups excluding carboxylic acids is 1. The molecule has 3 N–H and O–H groups in total. The van der Waals surface area contributed by atoms with Crippen molar-refractivity contribution in [1.29, 1.82) is 0 Å². The van der Waals surface area contributed by atoms with Crippen molar-refractivity contribution in [2.75, 3.05) is 5.75 Å². The molecule has 0 aromatic heterocycles. The van der Waals surface area contributed by atoms with E-state index in [9.17, 15) is 27.6 Å². The molecule has 1 unspecified atom stereocenters. The van der Waals surface area contributed by atoms with Gasteiger partial charge in [-0.2, -0.15) is 25.8 Å². The zero-order valence-corrected chi connectivity index (χ0v) is 9.66. The number of hydrogen-bond donors (Lipinski definition) is 4. The van der Waals surface area contributed by atoms with Crippen molar-refractivity contribution in [2.45, 2.75) is 18.6 Å². The quantitative estimate of drug-likeness (QED) is 0.521. The normalized spacial score (nSPS) is 14.7. The highest BCUT2D eigenvalue weighted by Gasteiger charge is 2.44. The maximum absolute atomic E-state index is 12.3. The first-order chi connectivity index (χ1) is 8.09. The summed E-state index contributed by atoms with van der Waals surface area (Å²) >= 11 is 3.35. The second-order valence-corrected chi connectivity index (χ2v) is 3.64. The Hall–Kier alpha value is -1.45. The molecule has 0 saturated heterocycles. The molecule has 6 nitrogen and oxygen atoms in total.